The van der Waals surface area contributed by atoms with Crippen LogP contribution in [0, 0.1) is 5.82 Å². The number of ether oxygens (including phenoxy) is 1. The van der Waals surface area contributed by atoms with E-state index in [9.17, 15) is 17.6 Å². The summed E-state index contributed by atoms with van der Waals surface area (Å²) in [5.41, 5.74) is -1.55. The van der Waals surface area contributed by atoms with Crippen LogP contribution in [-0.2, 0) is 19.6 Å². The lowest BCUT2D eigenvalue weighted by molar-refractivity contribution is -0.140. The standard InChI is InChI=1S/C17H26FN3O4S.ClH/c1-16(2,3)21-26(23,24)14-11-12(5-6-13(14)18)20-15(22)17(25-4)7-9-19-10-8-17;/h5-6,11,19,21H,7-10H2,1-4H3,(H,20,22);1H. The van der Waals surface area contributed by atoms with Gasteiger partial charge in [-0.3, -0.25) is 4.79 Å². The van der Waals surface area contributed by atoms with Gasteiger partial charge in [0.15, 0.2) is 0 Å². The Morgan fingerprint density at radius 1 is 1.26 bits per heavy atom. The molecule has 0 atom stereocenters. The Kier molecular flexibility index (Phi) is 7.78. The molecule has 1 aromatic carbocycles. The minimum atomic E-state index is -4.07. The van der Waals surface area contributed by atoms with Crippen LogP contribution >= 0.6 is 12.4 Å². The molecule has 1 amide bonds. The molecule has 154 valence electrons. The van der Waals surface area contributed by atoms with Crippen LogP contribution < -0.4 is 15.4 Å². The van der Waals surface area contributed by atoms with E-state index in [0.29, 0.717) is 25.9 Å². The van der Waals surface area contributed by atoms with E-state index < -0.39 is 31.9 Å². The Morgan fingerprint density at radius 3 is 2.37 bits per heavy atom. The lowest BCUT2D eigenvalue weighted by Gasteiger charge is -2.34. The second-order valence-corrected chi connectivity index (χ2v) is 9.05. The van der Waals surface area contributed by atoms with E-state index >= 15 is 0 Å². The third-order valence-electron chi connectivity index (χ3n) is 4.13. The molecular weight excluding hydrogens is 397 g/mol. The summed E-state index contributed by atoms with van der Waals surface area (Å²) >= 11 is 0. The molecular formula is C17H27ClFN3O4S. The van der Waals surface area contributed by atoms with Gasteiger partial charge in [0.05, 0.1) is 0 Å². The summed E-state index contributed by atoms with van der Waals surface area (Å²) in [6.07, 6.45) is 0.987. The Hall–Kier alpha value is -1.26. The largest absolute Gasteiger partial charge is 0.368 e. The topological polar surface area (TPSA) is 96.5 Å². The van der Waals surface area contributed by atoms with Gasteiger partial charge in [0.25, 0.3) is 5.91 Å². The number of piperidine rings is 1. The third kappa shape index (κ3) is 5.86. The van der Waals surface area contributed by atoms with Gasteiger partial charge in [-0.1, -0.05) is 0 Å². The Labute approximate surface area is 165 Å². The zero-order valence-corrected chi connectivity index (χ0v) is 17.5. The van der Waals surface area contributed by atoms with E-state index in [-0.39, 0.29) is 24.0 Å². The lowest BCUT2D eigenvalue weighted by Crippen LogP contribution is -2.51. The lowest BCUT2D eigenvalue weighted by atomic mass is 9.91. The highest BCUT2D eigenvalue weighted by Crippen LogP contribution is 2.26. The van der Waals surface area contributed by atoms with Crippen molar-refractivity contribution in [3.05, 3.63) is 24.0 Å². The normalized spacial score (nSPS) is 17.1. The highest BCUT2D eigenvalue weighted by molar-refractivity contribution is 7.89. The van der Waals surface area contributed by atoms with E-state index in [1.54, 1.807) is 20.8 Å². The van der Waals surface area contributed by atoms with Gasteiger partial charge in [-0.2, -0.15) is 0 Å². The van der Waals surface area contributed by atoms with E-state index in [2.05, 4.69) is 15.4 Å². The summed E-state index contributed by atoms with van der Waals surface area (Å²) in [6, 6.07) is 3.47. The number of halogens is 2. The van der Waals surface area contributed by atoms with Crippen LogP contribution in [0.1, 0.15) is 33.6 Å². The monoisotopic (exact) mass is 423 g/mol. The van der Waals surface area contributed by atoms with Gasteiger partial charge in [0, 0.05) is 18.3 Å². The summed E-state index contributed by atoms with van der Waals surface area (Å²) in [6.45, 7) is 6.26. The van der Waals surface area contributed by atoms with Crippen LogP contribution in [0.3, 0.4) is 0 Å². The van der Waals surface area contributed by atoms with Crippen LogP contribution in [0.5, 0.6) is 0 Å². The van der Waals surface area contributed by atoms with E-state index in [1.807, 2.05) is 0 Å². The average molecular weight is 424 g/mol. The molecule has 27 heavy (non-hydrogen) atoms. The van der Waals surface area contributed by atoms with Crippen molar-refractivity contribution in [2.45, 2.75) is 49.6 Å². The van der Waals surface area contributed by atoms with Gasteiger partial charge in [-0.05, 0) is 64.9 Å². The maximum atomic E-state index is 14.1. The van der Waals surface area contributed by atoms with Crippen LogP contribution in [-0.4, -0.2) is 45.7 Å². The molecule has 1 aliphatic heterocycles. The summed E-state index contributed by atoms with van der Waals surface area (Å²) in [7, 11) is -2.60. The fourth-order valence-corrected chi connectivity index (χ4v) is 4.37. The fourth-order valence-electron chi connectivity index (χ4n) is 2.84. The molecule has 10 heteroatoms. The number of amides is 1. The number of benzene rings is 1. The number of sulfonamides is 1. The second-order valence-electron chi connectivity index (χ2n) is 7.40. The van der Waals surface area contributed by atoms with Crippen molar-refractivity contribution in [1.82, 2.24) is 10.0 Å². The van der Waals surface area contributed by atoms with Gasteiger partial charge < -0.3 is 15.4 Å². The summed E-state index contributed by atoms with van der Waals surface area (Å²) in [5.74, 6) is -1.26. The number of methoxy groups -OCH3 is 1. The molecule has 0 aliphatic carbocycles. The second kappa shape index (κ2) is 8.83. The molecule has 0 unspecified atom stereocenters. The van der Waals surface area contributed by atoms with Crippen LogP contribution in [0.2, 0.25) is 0 Å². The molecule has 1 fully saturated rings. The maximum Gasteiger partial charge on any atom is 0.256 e. The number of nitrogens with one attached hydrogen (secondary N) is 3. The highest BCUT2D eigenvalue weighted by Gasteiger charge is 2.39. The zero-order chi connectivity index (χ0) is 19.6. The summed E-state index contributed by atoms with van der Waals surface area (Å²) in [4.78, 5) is 12.2. The molecule has 0 bridgehead atoms. The fraction of sp³-hybridized carbons (Fsp3) is 0.588. The molecule has 0 saturated carbocycles. The van der Waals surface area contributed by atoms with Crippen molar-refractivity contribution in [2.75, 3.05) is 25.5 Å². The van der Waals surface area contributed by atoms with Crippen molar-refractivity contribution in [2.24, 2.45) is 0 Å². The van der Waals surface area contributed by atoms with Crippen molar-refractivity contribution >= 4 is 34.0 Å². The Morgan fingerprint density at radius 2 is 1.85 bits per heavy atom. The molecule has 3 N–H and O–H groups in total. The van der Waals surface area contributed by atoms with E-state index in [1.165, 1.54) is 13.2 Å². The van der Waals surface area contributed by atoms with Crippen LogP contribution in [0.4, 0.5) is 10.1 Å². The number of hydrogen-bond donors (Lipinski definition) is 3. The molecule has 2 rings (SSSR count). The Bertz CT molecular complexity index is 775. The molecule has 7 nitrogen and oxygen atoms in total. The third-order valence-corrected chi connectivity index (χ3v) is 5.91. The number of anilines is 1. The predicted octanol–water partition coefficient (Wildman–Crippen LogP) is 2.03. The summed E-state index contributed by atoms with van der Waals surface area (Å²) < 4.78 is 46.8. The van der Waals surface area contributed by atoms with Crippen molar-refractivity contribution in [3.63, 3.8) is 0 Å². The highest BCUT2D eigenvalue weighted by atomic mass is 35.5. The van der Waals surface area contributed by atoms with Gasteiger partial charge >= 0.3 is 0 Å². The quantitative estimate of drug-likeness (QED) is 0.673. The van der Waals surface area contributed by atoms with Crippen LogP contribution in [0.15, 0.2) is 23.1 Å². The number of rotatable bonds is 5. The minimum Gasteiger partial charge on any atom is -0.368 e. The van der Waals surface area contributed by atoms with Crippen LogP contribution in [0.25, 0.3) is 0 Å². The van der Waals surface area contributed by atoms with Crippen molar-refractivity contribution in [3.8, 4) is 0 Å². The predicted molar refractivity (Wildman–Crippen MR) is 104 cm³/mol. The molecule has 0 spiro atoms. The first kappa shape index (κ1) is 23.8. The first-order valence-corrected chi connectivity index (χ1v) is 9.88. The van der Waals surface area contributed by atoms with E-state index in [4.69, 9.17) is 4.74 Å². The first-order chi connectivity index (χ1) is 12.0. The number of hydrogen-bond acceptors (Lipinski definition) is 5. The Balaban J connectivity index is 0.00000364. The first-order valence-electron chi connectivity index (χ1n) is 8.40. The average Bonchev–Trinajstić information content (AvgIpc) is 2.54. The van der Waals surface area contributed by atoms with Gasteiger partial charge in [-0.25, -0.2) is 17.5 Å². The maximum absolute atomic E-state index is 14.1. The number of carbonyl (C=O) groups excluding carboxylic acids is 1. The van der Waals surface area contributed by atoms with Gasteiger partial charge in [0.2, 0.25) is 10.0 Å². The molecule has 0 radical (unpaired) electrons. The number of carbonyl (C=O) groups is 1. The minimum absolute atomic E-state index is 0. The van der Waals surface area contributed by atoms with Gasteiger partial charge in [0.1, 0.15) is 16.3 Å². The molecule has 0 aromatic heterocycles. The van der Waals surface area contributed by atoms with Crippen molar-refractivity contribution in [1.29, 1.82) is 0 Å². The zero-order valence-electron chi connectivity index (χ0n) is 15.9. The molecule has 1 aromatic rings. The SMILES string of the molecule is COC1(C(=O)Nc2ccc(F)c(S(=O)(=O)NC(C)(C)C)c2)CCNCC1.Cl. The van der Waals surface area contributed by atoms with E-state index in [0.717, 1.165) is 12.1 Å². The summed E-state index contributed by atoms with van der Waals surface area (Å²) in [5, 5.41) is 5.81. The molecule has 1 heterocycles. The molecule has 1 aliphatic rings. The van der Waals surface area contributed by atoms with Gasteiger partial charge in [-0.15, -0.1) is 12.4 Å². The smallest absolute Gasteiger partial charge is 0.256 e. The van der Waals surface area contributed by atoms with Crippen molar-refractivity contribution < 1.29 is 22.3 Å². The molecule has 1 saturated heterocycles.